The number of hydrogen-bond donors (Lipinski definition) is 1. The highest BCUT2D eigenvalue weighted by Gasteiger charge is 2.28. The molecule has 0 aromatic heterocycles. The molecule has 0 radical (unpaired) electrons. The zero-order valence-electron chi connectivity index (χ0n) is 13.6. The first-order valence-corrected chi connectivity index (χ1v) is 7.58. The molecule has 0 aliphatic rings. The van der Waals surface area contributed by atoms with Crippen molar-refractivity contribution in [3.05, 3.63) is 54.1 Å². The Bertz CT molecular complexity index is 699. The number of carbonyl (C=O) groups is 1. The van der Waals surface area contributed by atoms with Crippen LogP contribution in [-0.2, 0) is 11.2 Å². The number of hydrogen-bond acceptors (Lipinski definition) is 3. The number of benzene rings is 2. The molecule has 2 aromatic carbocycles. The summed E-state index contributed by atoms with van der Waals surface area (Å²) in [7, 11) is 1.58. The van der Waals surface area contributed by atoms with E-state index in [1.54, 1.807) is 7.11 Å². The van der Waals surface area contributed by atoms with E-state index >= 15 is 0 Å². The normalized spacial score (nSPS) is 11.0. The number of carbonyl (C=O) groups excluding carboxylic acids is 1. The molecule has 0 heterocycles. The molecule has 0 unspecified atom stereocenters. The summed E-state index contributed by atoms with van der Waals surface area (Å²) in [4.78, 5) is 12.0. The van der Waals surface area contributed by atoms with Crippen LogP contribution in [0.2, 0.25) is 0 Å². The van der Waals surface area contributed by atoms with E-state index < -0.39 is 12.8 Å². The Morgan fingerprint density at radius 2 is 1.80 bits per heavy atom. The van der Waals surface area contributed by atoms with Crippen LogP contribution in [0.1, 0.15) is 12.0 Å². The Morgan fingerprint density at radius 1 is 1.08 bits per heavy atom. The fourth-order valence-corrected chi connectivity index (χ4v) is 2.11. The molecule has 2 rings (SSSR count). The van der Waals surface area contributed by atoms with E-state index in [9.17, 15) is 18.0 Å². The highest BCUT2D eigenvalue weighted by atomic mass is 19.4. The molecule has 0 saturated carbocycles. The monoisotopic (exact) mass is 353 g/mol. The van der Waals surface area contributed by atoms with Crippen LogP contribution >= 0.6 is 0 Å². The fraction of sp³-hybridized carbons (Fsp3) is 0.278. The molecular weight excluding hydrogens is 335 g/mol. The summed E-state index contributed by atoms with van der Waals surface area (Å²) in [5.74, 6) is 0.630. The van der Waals surface area contributed by atoms with Crippen molar-refractivity contribution >= 4 is 11.6 Å². The topological polar surface area (TPSA) is 47.6 Å². The lowest BCUT2D eigenvalue weighted by atomic mass is 10.1. The summed E-state index contributed by atoms with van der Waals surface area (Å²) in [6, 6.07) is 13.2. The number of methoxy groups -OCH3 is 1. The Morgan fingerprint density at radius 3 is 2.44 bits per heavy atom. The molecule has 0 saturated heterocycles. The molecule has 1 N–H and O–H groups in total. The zero-order valence-corrected chi connectivity index (χ0v) is 13.6. The van der Waals surface area contributed by atoms with E-state index in [1.165, 1.54) is 24.3 Å². The number of aryl methyl sites for hydroxylation is 1. The van der Waals surface area contributed by atoms with Crippen LogP contribution in [0.4, 0.5) is 18.9 Å². The molecule has 0 fully saturated rings. The predicted molar refractivity (Wildman–Crippen MR) is 87.9 cm³/mol. The SMILES string of the molecule is COc1cccc(CCC(=O)Nc2ccc(OCC(F)(F)F)cc2)c1. The minimum atomic E-state index is -4.38. The summed E-state index contributed by atoms with van der Waals surface area (Å²) in [5, 5.41) is 2.69. The Labute approximate surface area is 143 Å². The minimum Gasteiger partial charge on any atom is -0.497 e. The van der Waals surface area contributed by atoms with Crippen LogP contribution in [-0.4, -0.2) is 25.8 Å². The number of amides is 1. The van der Waals surface area contributed by atoms with Gasteiger partial charge in [0.05, 0.1) is 7.11 Å². The molecule has 0 aliphatic carbocycles. The van der Waals surface area contributed by atoms with Crippen LogP contribution in [0.15, 0.2) is 48.5 Å². The Hall–Kier alpha value is -2.70. The lowest BCUT2D eigenvalue weighted by Gasteiger charge is -2.10. The van der Waals surface area contributed by atoms with Crippen molar-refractivity contribution in [3.63, 3.8) is 0 Å². The molecule has 134 valence electrons. The molecule has 1 amide bonds. The highest BCUT2D eigenvalue weighted by molar-refractivity contribution is 5.90. The third kappa shape index (κ3) is 6.74. The van der Waals surface area contributed by atoms with Gasteiger partial charge in [-0.2, -0.15) is 13.2 Å². The summed E-state index contributed by atoms with van der Waals surface area (Å²) < 4.78 is 46.0. The van der Waals surface area contributed by atoms with Crippen molar-refractivity contribution in [2.45, 2.75) is 19.0 Å². The zero-order chi connectivity index (χ0) is 18.3. The van der Waals surface area contributed by atoms with Crippen molar-refractivity contribution in [1.29, 1.82) is 0 Å². The van der Waals surface area contributed by atoms with Crippen molar-refractivity contribution in [2.24, 2.45) is 0 Å². The van der Waals surface area contributed by atoms with E-state index in [2.05, 4.69) is 10.1 Å². The second-order valence-electron chi connectivity index (χ2n) is 5.33. The first-order chi connectivity index (χ1) is 11.9. The lowest BCUT2D eigenvalue weighted by Crippen LogP contribution is -2.19. The van der Waals surface area contributed by atoms with E-state index in [0.717, 1.165) is 11.3 Å². The maximum absolute atomic E-state index is 12.1. The van der Waals surface area contributed by atoms with Crippen molar-refractivity contribution < 1.29 is 27.4 Å². The fourth-order valence-electron chi connectivity index (χ4n) is 2.11. The van der Waals surface area contributed by atoms with Gasteiger partial charge in [0.2, 0.25) is 5.91 Å². The van der Waals surface area contributed by atoms with Gasteiger partial charge in [0, 0.05) is 12.1 Å². The second kappa shape index (κ2) is 8.41. The van der Waals surface area contributed by atoms with E-state index in [-0.39, 0.29) is 18.1 Å². The van der Waals surface area contributed by atoms with Gasteiger partial charge in [-0.15, -0.1) is 0 Å². The maximum Gasteiger partial charge on any atom is 0.422 e. The van der Waals surface area contributed by atoms with Crippen LogP contribution < -0.4 is 14.8 Å². The van der Waals surface area contributed by atoms with Gasteiger partial charge in [-0.1, -0.05) is 12.1 Å². The molecule has 2 aromatic rings. The number of nitrogens with one attached hydrogen (secondary N) is 1. The maximum atomic E-state index is 12.1. The third-order valence-corrected chi connectivity index (χ3v) is 3.32. The smallest absolute Gasteiger partial charge is 0.422 e. The summed E-state index contributed by atoms with van der Waals surface area (Å²) in [5.41, 5.74) is 1.47. The van der Waals surface area contributed by atoms with Gasteiger partial charge >= 0.3 is 6.18 Å². The largest absolute Gasteiger partial charge is 0.497 e. The minimum absolute atomic E-state index is 0.0895. The molecular formula is C18H18F3NO3. The number of alkyl halides is 3. The predicted octanol–water partition coefficient (Wildman–Crippen LogP) is 4.21. The van der Waals surface area contributed by atoms with E-state index in [4.69, 9.17) is 4.74 Å². The van der Waals surface area contributed by atoms with Gasteiger partial charge in [-0.25, -0.2) is 0 Å². The van der Waals surface area contributed by atoms with Crippen LogP contribution in [0.25, 0.3) is 0 Å². The van der Waals surface area contributed by atoms with E-state index in [0.29, 0.717) is 12.1 Å². The molecule has 25 heavy (non-hydrogen) atoms. The number of ether oxygens (including phenoxy) is 2. The van der Waals surface area contributed by atoms with Crippen LogP contribution in [0, 0.1) is 0 Å². The lowest BCUT2D eigenvalue weighted by molar-refractivity contribution is -0.153. The Kier molecular flexibility index (Phi) is 6.27. The van der Waals surface area contributed by atoms with Crippen molar-refractivity contribution in [1.82, 2.24) is 0 Å². The average molecular weight is 353 g/mol. The van der Waals surface area contributed by atoms with Crippen LogP contribution in [0.5, 0.6) is 11.5 Å². The quantitative estimate of drug-likeness (QED) is 0.811. The van der Waals surface area contributed by atoms with Crippen molar-refractivity contribution in [3.8, 4) is 11.5 Å². The molecule has 0 bridgehead atoms. The standard InChI is InChI=1S/C18H18F3NO3/c1-24-16-4-2-3-13(11-16)5-10-17(23)22-14-6-8-15(9-7-14)25-12-18(19,20)21/h2-4,6-9,11H,5,10,12H2,1H3,(H,22,23). The van der Waals surface area contributed by atoms with Crippen molar-refractivity contribution in [2.75, 3.05) is 19.0 Å². The summed E-state index contributed by atoms with van der Waals surface area (Å²) in [6.07, 6.45) is -3.55. The molecule has 7 heteroatoms. The number of halogens is 3. The molecule has 0 aliphatic heterocycles. The number of rotatable bonds is 7. The highest BCUT2D eigenvalue weighted by Crippen LogP contribution is 2.20. The van der Waals surface area contributed by atoms with E-state index in [1.807, 2.05) is 24.3 Å². The van der Waals surface area contributed by atoms with Gasteiger partial charge in [-0.05, 0) is 48.4 Å². The molecule has 0 spiro atoms. The van der Waals surface area contributed by atoms with Crippen LogP contribution in [0.3, 0.4) is 0 Å². The first-order valence-electron chi connectivity index (χ1n) is 7.58. The van der Waals surface area contributed by atoms with Gasteiger partial charge in [0.25, 0.3) is 0 Å². The van der Waals surface area contributed by atoms with Gasteiger partial charge in [-0.3, -0.25) is 4.79 Å². The third-order valence-electron chi connectivity index (χ3n) is 3.32. The molecule has 0 atom stereocenters. The second-order valence-corrected chi connectivity index (χ2v) is 5.33. The Balaban J connectivity index is 1.81. The summed E-state index contributed by atoms with van der Waals surface area (Å²) in [6.45, 7) is -1.35. The van der Waals surface area contributed by atoms with Gasteiger partial charge < -0.3 is 14.8 Å². The summed E-state index contributed by atoms with van der Waals surface area (Å²) >= 11 is 0. The first kappa shape index (κ1) is 18.6. The molecule has 4 nitrogen and oxygen atoms in total. The van der Waals surface area contributed by atoms with Gasteiger partial charge in [0.15, 0.2) is 6.61 Å². The number of anilines is 1. The van der Waals surface area contributed by atoms with Gasteiger partial charge in [0.1, 0.15) is 11.5 Å². The average Bonchev–Trinajstić information content (AvgIpc) is 2.59.